The van der Waals surface area contributed by atoms with Crippen LogP contribution in [0.4, 0.5) is 4.79 Å². The number of likely N-dealkylation sites (tertiary alicyclic amines) is 1. The number of carbonyl (C=O) groups excluding carboxylic acids is 1. The van der Waals surface area contributed by atoms with Gasteiger partial charge in [0.2, 0.25) is 0 Å². The molecular formula is C23H21NO2. The zero-order valence-electron chi connectivity index (χ0n) is 14.7. The fourth-order valence-corrected chi connectivity index (χ4v) is 4.61. The van der Waals surface area contributed by atoms with E-state index in [0.29, 0.717) is 6.61 Å². The van der Waals surface area contributed by atoms with Crippen molar-refractivity contribution < 1.29 is 9.53 Å². The first-order valence-corrected chi connectivity index (χ1v) is 9.29. The van der Waals surface area contributed by atoms with Crippen LogP contribution in [0.5, 0.6) is 0 Å². The fraction of sp³-hybridized carbons (Fsp3) is 0.348. The number of amides is 1. The van der Waals surface area contributed by atoms with E-state index >= 15 is 0 Å². The molecule has 130 valence electrons. The highest BCUT2D eigenvalue weighted by Crippen LogP contribution is 2.54. The zero-order valence-corrected chi connectivity index (χ0v) is 14.7. The monoisotopic (exact) mass is 343 g/mol. The lowest BCUT2D eigenvalue weighted by Crippen LogP contribution is -2.36. The first-order valence-electron chi connectivity index (χ1n) is 9.29. The summed E-state index contributed by atoms with van der Waals surface area (Å²) in [5.41, 5.74) is 5.22. The van der Waals surface area contributed by atoms with Gasteiger partial charge in [-0.3, -0.25) is 4.90 Å². The second-order valence-corrected chi connectivity index (χ2v) is 7.82. The molecule has 3 heteroatoms. The highest BCUT2D eigenvalue weighted by atomic mass is 16.6. The van der Waals surface area contributed by atoms with Gasteiger partial charge in [-0.1, -0.05) is 54.5 Å². The molecule has 1 unspecified atom stereocenters. The second-order valence-electron chi connectivity index (χ2n) is 7.82. The maximum atomic E-state index is 12.7. The first-order chi connectivity index (χ1) is 12.7. The van der Waals surface area contributed by atoms with Crippen molar-refractivity contribution in [1.29, 1.82) is 0 Å². The Balaban J connectivity index is 1.36. The Morgan fingerprint density at radius 3 is 2.31 bits per heavy atom. The Bertz CT molecular complexity index is 876. The minimum Gasteiger partial charge on any atom is -0.448 e. The molecular weight excluding hydrogens is 322 g/mol. The summed E-state index contributed by atoms with van der Waals surface area (Å²) < 4.78 is 5.77. The highest BCUT2D eigenvalue weighted by molar-refractivity contribution is 5.79. The van der Waals surface area contributed by atoms with E-state index in [1.54, 1.807) is 4.90 Å². The minimum atomic E-state index is -0.265. The maximum Gasteiger partial charge on any atom is 0.410 e. The molecule has 1 spiro atoms. The van der Waals surface area contributed by atoms with Gasteiger partial charge in [-0.15, -0.1) is 6.42 Å². The number of benzene rings is 2. The lowest BCUT2D eigenvalue weighted by Gasteiger charge is -2.22. The van der Waals surface area contributed by atoms with Crippen molar-refractivity contribution in [3.63, 3.8) is 0 Å². The van der Waals surface area contributed by atoms with E-state index in [2.05, 4.69) is 42.3 Å². The molecule has 0 aromatic heterocycles. The number of hydrogen-bond donors (Lipinski definition) is 0. The summed E-state index contributed by atoms with van der Waals surface area (Å²) in [5, 5.41) is 0. The predicted octanol–water partition coefficient (Wildman–Crippen LogP) is 4.42. The van der Waals surface area contributed by atoms with Crippen LogP contribution in [-0.4, -0.2) is 30.2 Å². The third-order valence-corrected chi connectivity index (χ3v) is 6.23. The highest BCUT2D eigenvalue weighted by Gasteiger charge is 2.53. The minimum absolute atomic E-state index is 0.0909. The first kappa shape index (κ1) is 15.5. The van der Waals surface area contributed by atoms with Crippen LogP contribution < -0.4 is 0 Å². The van der Waals surface area contributed by atoms with Crippen molar-refractivity contribution in [2.75, 3.05) is 13.2 Å². The van der Waals surface area contributed by atoms with Crippen LogP contribution in [0.15, 0.2) is 48.5 Å². The number of rotatable bonds is 2. The van der Waals surface area contributed by atoms with Gasteiger partial charge in [0.05, 0.1) is 6.04 Å². The van der Waals surface area contributed by atoms with E-state index < -0.39 is 0 Å². The van der Waals surface area contributed by atoms with Gasteiger partial charge >= 0.3 is 6.09 Å². The molecule has 1 aliphatic heterocycles. The number of nitrogens with zero attached hydrogens (tertiary/aromatic N) is 1. The fourth-order valence-electron chi connectivity index (χ4n) is 4.61. The number of fused-ring (bicyclic) bond motifs is 3. The molecule has 0 radical (unpaired) electrons. The van der Waals surface area contributed by atoms with Gasteiger partial charge in [0.15, 0.2) is 0 Å². The van der Waals surface area contributed by atoms with Gasteiger partial charge in [-0.25, -0.2) is 4.79 Å². The summed E-state index contributed by atoms with van der Waals surface area (Å²) in [5.74, 6) is 2.87. The number of hydrogen-bond acceptors (Lipinski definition) is 2. The van der Waals surface area contributed by atoms with Crippen molar-refractivity contribution in [1.82, 2.24) is 4.90 Å². The summed E-state index contributed by atoms with van der Waals surface area (Å²) >= 11 is 0. The predicted molar refractivity (Wildman–Crippen MR) is 101 cm³/mol. The third kappa shape index (κ3) is 2.33. The smallest absolute Gasteiger partial charge is 0.410 e. The normalized spacial score (nSPS) is 22.0. The molecule has 1 saturated heterocycles. The van der Waals surface area contributed by atoms with Crippen LogP contribution in [0.1, 0.15) is 36.3 Å². The summed E-state index contributed by atoms with van der Waals surface area (Å²) in [6.45, 7) is 1.10. The molecule has 0 bridgehead atoms. The molecule has 2 aromatic rings. The topological polar surface area (TPSA) is 29.5 Å². The summed E-state index contributed by atoms with van der Waals surface area (Å²) in [6, 6.07) is 16.6. The molecule has 3 aliphatic rings. The number of ether oxygens (including phenoxy) is 1. The van der Waals surface area contributed by atoms with Crippen molar-refractivity contribution in [2.24, 2.45) is 5.41 Å². The van der Waals surface area contributed by atoms with Gasteiger partial charge < -0.3 is 4.74 Å². The molecule has 1 heterocycles. The van der Waals surface area contributed by atoms with E-state index in [0.717, 1.165) is 13.0 Å². The lowest BCUT2D eigenvalue weighted by molar-refractivity contribution is 0.101. The van der Waals surface area contributed by atoms with Crippen molar-refractivity contribution in [2.45, 2.75) is 31.2 Å². The van der Waals surface area contributed by atoms with Crippen LogP contribution in [0.2, 0.25) is 0 Å². The third-order valence-electron chi connectivity index (χ3n) is 6.23. The van der Waals surface area contributed by atoms with Crippen LogP contribution in [0.25, 0.3) is 11.1 Å². The van der Waals surface area contributed by atoms with E-state index in [4.69, 9.17) is 11.2 Å². The van der Waals surface area contributed by atoms with Crippen LogP contribution in [0, 0.1) is 17.8 Å². The SMILES string of the molecule is C#CC1CC2(CC2)CN1C(=O)OCC1c2ccccc2-c2ccccc21. The Labute approximate surface area is 154 Å². The maximum absolute atomic E-state index is 12.7. The molecule has 1 atom stereocenters. The van der Waals surface area contributed by atoms with E-state index in [9.17, 15) is 4.79 Å². The van der Waals surface area contributed by atoms with Crippen molar-refractivity contribution in [3.05, 3.63) is 59.7 Å². The largest absolute Gasteiger partial charge is 0.448 e. The zero-order chi connectivity index (χ0) is 17.7. The molecule has 2 aliphatic carbocycles. The molecule has 1 amide bonds. The average Bonchev–Trinajstić information content (AvgIpc) is 3.21. The quantitative estimate of drug-likeness (QED) is 0.755. The summed E-state index contributed by atoms with van der Waals surface area (Å²) in [7, 11) is 0. The molecule has 1 saturated carbocycles. The van der Waals surface area contributed by atoms with Gasteiger partial charge in [0.1, 0.15) is 6.61 Å². The molecule has 3 nitrogen and oxygen atoms in total. The molecule has 2 fully saturated rings. The van der Waals surface area contributed by atoms with Crippen LogP contribution in [0.3, 0.4) is 0 Å². The number of carbonyl (C=O) groups is 1. The van der Waals surface area contributed by atoms with Crippen molar-refractivity contribution >= 4 is 6.09 Å². The van der Waals surface area contributed by atoms with E-state index in [1.165, 1.54) is 35.1 Å². The van der Waals surface area contributed by atoms with Crippen molar-refractivity contribution in [3.8, 4) is 23.5 Å². The standard InChI is InChI=1S/C23H21NO2/c1-2-16-13-23(11-12-23)15-24(16)22(25)26-14-21-19-9-5-3-7-17(19)18-8-4-6-10-20(18)21/h1,3-10,16,21H,11-15H2. The van der Waals surface area contributed by atoms with Crippen LogP contribution in [-0.2, 0) is 4.74 Å². The molecule has 2 aromatic carbocycles. The van der Waals surface area contributed by atoms with E-state index in [-0.39, 0.29) is 23.5 Å². The average molecular weight is 343 g/mol. The van der Waals surface area contributed by atoms with E-state index in [1.807, 2.05) is 12.1 Å². The Morgan fingerprint density at radius 2 is 1.73 bits per heavy atom. The van der Waals surface area contributed by atoms with Gasteiger partial charge in [0, 0.05) is 12.5 Å². The lowest BCUT2D eigenvalue weighted by atomic mass is 9.98. The Hall–Kier alpha value is -2.73. The summed E-state index contributed by atoms with van der Waals surface area (Å²) in [4.78, 5) is 14.5. The van der Waals surface area contributed by atoms with Gasteiger partial charge in [-0.05, 0) is 46.9 Å². The number of terminal acetylenes is 1. The summed E-state index contributed by atoms with van der Waals surface area (Å²) in [6.07, 6.45) is 8.67. The van der Waals surface area contributed by atoms with Gasteiger partial charge in [-0.2, -0.15) is 0 Å². The molecule has 0 N–H and O–H groups in total. The molecule has 5 rings (SSSR count). The Morgan fingerprint density at radius 1 is 1.12 bits per heavy atom. The second kappa shape index (κ2) is 5.64. The Kier molecular flexibility index (Phi) is 3.37. The van der Waals surface area contributed by atoms with Gasteiger partial charge in [0.25, 0.3) is 0 Å². The molecule has 26 heavy (non-hydrogen) atoms. The van der Waals surface area contributed by atoms with Crippen LogP contribution >= 0.6 is 0 Å².